The summed E-state index contributed by atoms with van der Waals surface area (Å²) in [6, 6.07) is 18.3. The standard InChI is InChI=1S/C22H17NO5S/c24-22(25)19-11-14-5-1-2-6-15(14)13-23(19)29(26,27)16-9-10-21-18(12-16)17-7-3-4-8-20(17)28-21/h1-10,12,19H,11,13H2,(H,24,25)/t19-/m1/s1. The van der Waals surface area contributed by atoms with E-state index in [1.807, 2.05) is 48.5 Å². The van der Waals surface area contributed by atoms with E-state index in [9.17, 15) is 18.3 Å². The number of sulfonamides is 1. The van der Waals surface area contributed by atoms with E-state index in [0.717, 1.165) is 20.8 Å². The Hall–Kier alpha value is -3.16. The zero-order chi connectivity index (χ0) is 20.2. The Kier molecular flexibility index (Phi) is 3.97. The molecule has 1 N–H and O–H groups in total. The summed E-state index contributed by atoms with van der Waals surface area (Å²) in [4.78, 5) is 11.9. The Morgan fingerprint density at radius 3 is 2.41 bits per heavy atom. The SMILES string of the molecule is O=C(O)[C@H]1Cc2ccccc2CN1S(=O)(=O)c1ccc2oc3ccccc3c2c1. The highest BCUT2D eigenvalue weighted by atomic mass is 32.2. The highest BCUT2D eigenvalue weighted by Crippen LogP contribution is 2.33. The maximum atomic E-state index is 13.4. The second-order valence-corrected chi connectivity index (χ2v) is 9.02. The van der Waals surface area contributed by atoms with Gasteiger partial charge in [-0.25, -0.2) is 8.42 Å². The smallest absolute Gasteiger partial charge is 0.322 e. The van der Waals surface area contributed by atoms with Crippen molar-refractivity contribution in [3.63, 3.8) is 0 Å². The van der Waals surface area contributed by atoms with Crippen molar-refractivity contribution in [1.29, 1.82) is 0 Å². The number of carboxylic acid groups (broad SMARTS) is 1. The number of aliphatic carboxylic acids is 1. The van der Waals surface area contributed by atoms with Crippen LogP contribution in [-0.4, -0.2) is 29.8 Å². The number of carbonyl (C=O) groups is 1. The molecular weight excluding hydrogens is 390 g/mol. The lowest BCUT2D eigenvalue weighted by molar-refractivity contribution is -0.141. The number of carboxylic acids is 1. The average molecular weight is 407 g/mol. The predicted octanol–water partition coefficient (Wildman–Crippen LogP) is 3.79. The Morgan fingerprint density at radius 1 is 0.931 bits per heavy atom. The number of fused-ring (bicyclic) bond motifs is 4. The van der Waals surface area contributed by atoms with Gasteiger partial charge in [0.15, 0.2) is 0 Å². The van der Waals surface area contributed by atoms with Gasteiger partial charge >= 0.3 is 5.97 Å². The minimum Gasteiger partial charge on any atom is -0.480 e. The molecule has 4 aromatic rings. The highest BCUT2D eigenvalue weighted by molar-refractivity contribution is 7.89. The fourth-order valence-corrected chi connectivity index (χ4v) is 5.55. The lowest BCUT2D eigenvalue weighted by Crippen LogP contribution is -2.48. The van der Waals surface area contributed by atoms with E-state index in [1.165, 1.54) is 6.07 Å². The van der Waals surface area contributed by atoms with Gasteiger partial charge in [-0.15, -0.1) is 0 Å². The van der Waals surface area contributed by atoms with E-state index in [4.69, 9.17) is 4.42 Å². The van der Waals surface area contributed by atoms with Gasteiger partial charge in [0.2, 0.25) is 10.0 Å². The van der Waals surface area contributed by atoms with Crippen LogP contribution in [0.1, 0.15) is 11.1 Å². The van der Waals surface area contributed by atoms with Crippen LogP contribution in [0.25, 0.3) is 21.9 Å². The molecule has 0 saturated carbocycles. The summed E-state index contributed by atoms with van der Waals surface area (Å²) < 4.78 is 33.7. The van der Waals surface area contributed by atoms with E-state index >= 15 is 0 Å². The van der Waals surface area contributed by atoms with Crippen molar-refractivity contribution in [1.82, 2.24) is 4.31 Å². The molecule has 5 rings (SSSR count). The summed E-state index contributed by atoms with van der Waals surface area (Å²) >= 11 is 0. The molecule has 29 heavy (non-hydrogen) atoms. The van der Waals surface area contributed by atoms with E-state index in [-0.39, 0.29) is 17.9 Å². The molecule has 0 saturated heterocycles. The summed E-state index contributed by atoms with van der Waals surface area (Å²) in [6.07, 6.45) is 0.140. The Balaban J connectivity index is 1.64. The van der Waals surface area contributed by atoms with Crippen LogP contribution in [0.5, 0.6) is 0 Å². The van der Waals surface area contributed by atoms with Crippen molar-refractivity contribution in [3.8, 4) is 0 Å². The van der Waals surface area contributed by atoms with Crippen LogP contribution in [0.4, 0.5) is 0 Å². The number of hydrogen-bond acceptors (Lipinski definition) is 4. The van der Waals surface area contributed by atoms with E-state index in [1.54, 1.807) is 12.1 Å². The van der Waals surface area contributed by atoms with Crippen molar-refractivity contribution in [2.45, 2.75) is 23.9 Å². The van der Waals surface area contributed by atoms with E-state index in [0.29, 0.717) is 16.6 Å². The minimum atomic E-state index is -4.03. The van der Waals surface area contributed by atoms with Gasteiger partial charge in [0, 0.05) is 23.7 Å². The van der Waals surface area contributed by atoms with Crippen LogP contribution in [0.2, 0.25) is 0 Å². The van der Waals surface area contributed by atoms with Crippen molar-refractivity contribution >= 4 is 37.9 Å². The van der Waals surface area contributed by atoms with Gasteiger partial charge in [-0.2, -0.15) is 4.31 Å². The number of benzene rings is 3. The third kappa shape index (κ3) is 2.82. The van der Waals surface area contributed by atoms with E-state index in [2.05, 4.69) is 0 Å². The summed E-state index contributed by atoms with van der Waals surface area (Å²) in [6.45, 7) is 0.0274. The first-order valence-corrected chi connectivity index (χ1v) is 10.6. The number of nitrogens with zero attached hydrogens (tertiary/aromatic N) is 1. The Labute approximate surface area is 167 Å². The molecule has 1 aliphatic heterocycles. The summed E-state index contributed by atoms with van der Waals surface area (Å²) in [7, 11) is -4.03. The largest absolute Gasteiger partial charge is 0.480 e. The third-order valence-electron chi connectivity index (χ3n) is 5.45. The predicted molar refractivity (Wildman–Crippen MR) is 108 cm³/mol. The van der Waals surface area contributed by atoms with Crippen molar-refractivity contribution in [2.24, 2.45) is 0 Å². The maximum absolute atomic E-state index is 13.4. The number of hydrogen-bond donors (Lipinski definition) is 1. The van der Waals surface area contributed by atoms with E-state index < -0.39 is 22.0 Å². The molecule has 3 aromatic carbocycles. The molecular formula is C22H17NO5S. The average Bonchev–Trinajstić information content (AvgIpc) is 3.10. The monoisotopic (exact) mass is 407 g/mol. The highest BCUT2D eigenvalue weighted by Gasteiger charge is 2.39. The second kappa shape index (κ2) is 6.43. The van der Waals surface area contributed by atoms with Crippen LogP contribution in [-0.2, 0) is 27.8 Å². The molecule has 1 atom stereocenters. The first-order chi connectivity index (χ1) is 13.9. The van der Waals surface area contributed by atoms with Gasteiger partial charge < -0.3 is 9.52 Å². The molecule has 7 heteroatoms. The molecule has 1 aromatic heterocycles. The van der Waals surface area contributed by atoms with Gasteiger partial charge in [-0.1, -0.05) is 42.5 Å². The number of furan rings is 1. The fraction of sp³-hybridized carbons (Fsp3) is 0.136. The first-order valence-electron chi connectivity index (χ1n) is 9.18. The molecule has 0 spiro atoms. The zero-order valence-corrected chi connectivity index (χ0v) is 16.1. The molecule has 0 radical (unpaired) electrons. The molecule has 0 fully saturated rings. The third-order valence-corrected chi connectivity index (χ3v) is 7.30. The number of rotatable bonds is 3. The Morgan fingerprint density at radius 2 is 1.62 bits per heavy atom. The Bertz CT molecular complexity index is 1370. The van der Waals surface area contributed by atoms with Crippen molar-refractivity contribution in [2.75, 3.05) is 0 Å². The molecule has 0 aliphatic carbocycles. The number of para-hydroxylation sites is 1. The summed E-state index contributed by atoms with van der Waals surface area (Å²) in [5.41, 5.74) is 2.95. The molecule has 0 unspecified atom stereocenters. The van der Waals surface area contributed by atoms with Crippen molar-refractivity contribution in [3.05, 3.63) is 77.9 Å². The minimum absolute atomic E-state index is 0.0274. The second-order valence-electron chi connectivity index (χ2n) is 7.13. The van der Waals surface area contributed by atoms with Crippen LogP contribution >= 0.6 is 0 Å². The molecule has 1 aliphatic rings. The molecule has 2 heterocycles. The fourth-order valence-electron chi connectivity index (χ4n) is 3.96. The maximum Gasteiger partial charge on any atom is 0.322 e. The van der Waals surface area contributed by atoms with Gasteiger partial charge in [-0.05, 0) is 35.4 Å². The lowest BCUT2D eigenvalue weighted by atomic mass is 9.96. The molecule has 6 nitrogen and oxygen atoms in total. The lowest BCUT2D eigenvalue weighted by Gasteiger charge is -2.33. The first kappa shape index (κ1) is 17.9. The normalized spacial score (nSPS) is 17.4. The summed E-state index contributed by atoms with van der Waals surface area (Å²) in [5, 5.41) is 11.2. The quantitative estimate of drug-likeness (QED) is 0.558. The van der Waals surface area contributed by atoms with Crippen LogP contribution in [0, 0.1) is 0 Å². The zero-order valence-electron chi connectivity index (χ0n) is 15.3. The van der Waals surface area contributed by atoms with Crippen LogP contribution in [0.3, 0.4) is 0 Å². The molecule has 146 valence electrons. The van der Waals surface area contributed by atoms with Crippen molar-refractivity contribution < 1.29 is 22.7 Å². The topological polar surface area (TPSA) is 87.8 Å². The van der Waals surface area contributed by atoms with Gasteiger partial charge in [0.05, 0.1) is 4.90 Å². The van der Waals surface area contributed by atoms with Gasteiger partial charge in [-0.3, -0.25) is 4.79 Å². The van der Waals surface area contributed by atoms with Crippen LogP contribution < -0.4 is 0 Å². The van der Waals surface area contributed by atoms with Crippen LogP contribution in [0.15, 0.2) is 76.0 Å². The summed E-state index contributed by atoms with van der Waals surface area (Å²) in [5.74, 6) is -1.15. The molecule has 0 bridgehead atoms. The molecule has 0 amide bonds. The van der Waals surface area contributed by atoms with Gasteiger partial charge in [0.1, 0.15) is 17.2 Å². The van der Waals surface area contributed by atoms with Gasteiger partial charge in [0.25, 0.3) is 0 Å².